The fourth-order valence-corrected chi connectivity index (χ4v) is 5.73. The molecule has 0 spiro atoms. The van der Waals surface area contributed by atoms with E-state index in [9.17, 15) is 23.2 Å². The predicted molar refractivity (Wildman–Crippen MR) is 130 cm³/mol. The van der Waals surface area contributed by atoms with E-state index < -0.39 is 12.2 Å². The lowest BCUT2D eigenvalue weighted by atomic mass is 10.0. The van der Waals surface area contributed by atoms with E-state index in [0.717, 1.165) is 12.8 Å². The number of fused-ring (bicyclic) bond motifs is 1. The highest BCUT2D eigenvalue weighted by atomic mass is 32.2. The number of nitriles is 1. The van der Waals surface area contributed by atoms with E-state index in [4.69, 9.17) is 0 Å². The van der Waals surface area contributed by atoms with Crippen LogP contribution in [0.4, 0.5) is 24.7 Å². The Morgan fingerprint density at radius 3 is 2.54 bits per heavy atom. The van der Waals surface area contributed by atoms with Gasteiger partial charge in [0.05, 0.1) is 24.0 Å². The van der Waals surface area contributed by atoms with Crippen LogP contribution in [0.2, 0.25) is 0 Å². The zero-order valence-corrected chi connectivity index (χ0v) is 19.7. The number of halogens is 3. The Labute approximate surface area is 204 Å². The summed E-state index contributed by atoms with van der Waals surface area (Å²) in [4.78, 5) is 16.8. The first-order valence-corrected chi connectivity index (χ1v) is 12.7. The molecule has 2 aromatic heterocycles. The number of H-pyrrole nitrogens is 1. The topological polar surface area (TPSA) is 89.7 Å². The number of nitrogens with one attached hydrogen (secondary N) is 2. The average Bonchev–Trinajstić information content (AvgIpc) is 3.61. The second-order valence-electron chi connectivity index (χ2n) is 8.97. The first-order chi connectivity index (χ1) is 16.9. The van der Waals surface area contributed by atoms with E-state index in [2.05, 4.69) is 21.5 Å². The van der Waals surface area contributed by atoms with Crippen molar-refractivity contribution >= 4 is 34.2 Å². The molecule has 2 aliphatic rings. The molecule has 2 atom stereocenters. The van der Waals surface area contributed by atoms with E-state index in [0.29, 0.717) is 52.9 Å². The van der Waals surface area contributed by atoms with Crippen LogP contribution in [0.1, 0.15) is 36.9 Å². The van der Waals surface area contributed by atoms with Gasteiger partial charge in [-0.25, -0.2) is 0 Å². The summed E-state index contributed by atoms with van der Waals surface area (Å²) in [5.41, 5.74) is 1.02. The number of alkyl halides is 3. The molecule has 0 amide bonds. The largest absolute Gasteiger partial charge is 0.408 e. The van der Waals surface area contributed by atoms with Crippen molar-refractivity contribution in [1.29, 1.82) is 5.26 Å². The van der Waals surface area contributed by atoms with Gasteiger partial charge in [0.2, 0.25) is 0 Å². The van der Waals surface area contributed by atoms with Crippen molar-refractivity contribution in [1.82, 2.24) is 19.7 Å². The SMILES string of the molecule is N#CCC(C1CC1)n1nc(Nc2ccc(C(N3CCSCC3)C(F)(F)F)cc2)c2c(=O)[nH]ccc21. The molecule has 1 aliphatic heterocycles. The van der Waals surface area contributed by atoms with Gasteiger partial charge in [-0.1, -0.05) is 12.1 Å². The van der Waals surface area contributed by atoms with Crippen molar-refractivity contribution in [2.24, 2.45) is 5.92 Å². The number of anilines is 2. The average molecular weight is 503 g/mol. The molecule has 35 heavy (non-hydrogen) atoms. The van der Waals surface area contributed by atoms with E-state index in [1.165, 1.54) is 17.0 Å². The molecule has 1 aromatic carbocycles. The molecule has 2 fully saturated rings. The maximum atomic E-state index is 13.9. The Balaban J connectivity index is 1.45. The molecule has 0 radical (unpaired) electrons. The van der Waals surface area contributed by atoms with Crippen LogP contribution in [-0.2, 0) is 0 Å². The van der Waals surface area contributed by atoms with Gasteiger partial charge in [0.15, 0.2) is 5.82 Å². The lowest BCUT2D eigenvalue weighted by Crippen LogP contribution is -2.42. The number of thioether (sulfide) groups is 1. The number of rotatable bonds is 7. The zero-order valence-electron chi connectivity index (χ0n) is 18.9. The highest BCUT2D eigenvalue weighted by Crippen LogP contribution is 2.43. The van der Waals surface area contributed by atoms with Crippen LogP contribution in [0.5, 0.6) is 0 Å². The third kappa shape index (κ3) is 4.90. The maximum Gasteiger partial charge on any atom is 0.408 e. The monoisotopic (exact) mass is 502 g/mol. The minimum absolute atomic E-state index is 0.127. The molecular weight excluding hydrogens is 477 g/mol. The molecule has 7 nitrogen and oxygen atoms in total. The van der Waals surface area contributed by atoms with Crippen molar-refractivity contribution in [3.8, 4) is 6.07 Å². The van der Waals surface area contributed by atoms with Gasteiger partial charge in [0, 0.05) is 36.5 Å². The second-order valence-corrected chi connectivity index (χ2v) is 10.2. The smallest absolute Gasteiger partial charge is 0.338 e. The quantitative estimate of drug-likeness (QED) is 0.473. The molecule has 2 N–H and O–H groups in total. The maximum absolute atomic E-state index is 13.9. The Morgan fingerprint density at radius 1 is 1.20 bits per heavy atom. The first-order valence-electron chi connectivity index (χ1n) is 11.6. The third-order valence-corrected chi connectivity index (χ3v) is 7.56. The highest BCUT2D eigenvalue weighted by molar-refractivity contribution is 7.99. The number of benzene rings is 1. The fourth-order valence-electron chi connectivity index (χ4n) is 4.80. The van der Waals surface area contributed by atoms with Crippen molar-refractivity contribution in [2.75, 3.05) is 29.9 Å². The van der Waals surface area contributed by atoms with Gasteiger partial charge in [-0.15, -0.1) is 0 Å². The Bertz CT molecular complexity index is 1290. The lowest BCUT2D eigenvalue weighted by Gasteiger charge is -2.35. The summed E-state index contributed by atoms with van der Waals surface area (Å²) in [5, 5.41) is 17.4. The van der Waals surface area contributed by atoms with Gasteiger partial charge in [-0.2, -0.15) is 35.3 Å². The molecule has 1 saturated carbocycles. The summed E-state index contributed by atoms with van der Waals surface area (Å²) in [6.07, 6.45) is -0.517. The molecule has 5 rings (SSSR count). The van der Waals surface area contributed by atoms with Crippen molar-refractivity contribution < 1.29 is 13.2 Å². The van der Waals surface area contributed by atoms with Gasteiger partial charge in [0.25, 0.3) is 5.56 Å². The van der Waals surface area contributed by atoms with Crippen LogP contribution >= 0.6 is 11.8 Å². The second kappa shape index (κ2) is 9.59. The summed E-state index contributed by atoms with van der Waals surface area (Å²) in [6.45, 7) is 0.789. The molecule has 11 heteroatoms. The molecule has 1 saturated heterocycles. The summed E-state index contributed by atoms with van der Waals surface area (Å²) in [6, 6.07) is 8.33. The molecule has 2 unspecified atom stereocenters. The number of hydrogen-bond donors (Lipinski definition) is 2. The molecule has 1 aliphatic carbocycles. The van der Waals surface area contributed by atoms with Gasteiger partial charge >= 0.3 is 6.18 Å². The van der Waals surface area contributed by atoms with E-state index in [1.54, 1.807) is 40.8 Å². The molecule has 3 heterocycles. The normalized spacial score (nSPS) is 18.8. The number of nitrogens with zero attached hydrogens (tertiary/aromatic N) is 4. The third-order valence-electron chi connectivity index (χ3n) is 6.62. The van der Waals surface area contributed by atoms with Gasteiger partial charge in [-0.3, -0.25) is 14.4 Å². The first kappa shape index (κ1) is 23.8. The van der Waals surface area contributed by atoms with Crippen molar-refractivity contribution in [3.63, 3.8) is 0 Å². The Hall–Kier alpha value is -2.97. The van der Waals surface area contributed by atoms with Crippen LogP contribution in [0, 0.1) is 17.2 Å². The number of aromatic amines is 1. The summed E-state index contributed by atoms with van der Waals surface area (Å²) < 4.78 is 43.5. The molecule has 3 aromatic rings. The number of aromatic nitrogens is 3. The van der Waals surface area contributed by atoms with E-state index >= 15 is 0 Å². The number of pyridine rings is 1. The summed E-state index contributed by atoms with van der Waals surface area (Å²) in [5.74, 6) is 2.03. The minimum Gasteiger partial charge on any atom is -0.338 e. The highest BCUT2D eigenvalue weighted by Gasteiger charge is 2.45. The predicted octanol–water partition coefficient (Wildman–Crippen LogP) is 4.99. The zero-order chi connectivity index (χ0) is 24.6. The lowest BCUT2D eigenvalue weighted by molar-refractivity contribution is -0.185. The molecule has 0 bridgehead atoms. The van der Waals surface area contributed by atoms with E-state index in [-0.39, 0.29) is 23.6 Å². The molecular formula is C24H25F3N6OS. The number of hydrogen-bond acceptors (Lipinski definition) is 6. The van der Waals surface area contributed by atoms with Crippen molar-refractivity contribution in [3.05, 3.63) is 52.4 Å². The van der Waals surface area contributed by atoms with Crippen molar-refractivity contribution in [2.45, 2.75) is 37.5 Å². The van der Waals surface area contributed by atoms with Crippen LogP contribution in [0.25, 0.3) is 10.9 Å². The van der Waals surface area contributed by atoms with Gasteiger partial charge < -0.3 is 10.3 Å². The summed E-state index contributed by atoms with van der Waals surface area (Å²) >= 11 is 1.67. The minimum atomic E-state index is -4.38. The standard InChI is InChI=1S/C24H25F3N6OS/c25-24(26,27)21(32-11-13-35-14-12-32)16-3-5-17(6-4-16)30-22-20-19(8-10-29-23(20)34)33(31-22)18(7-9-28)15-1-2-15/h3-6,8,10,15,18,21H,1-2,7,11-14H2,(H,29,34)(H,30,31). The Kier molecular flexibility index (Phi) is 6.51. The van der Waals surface area contributed by atoms with Crippen LogP contribution < -0.4 is 10.9 Å². The van der Waals surface area contributed by atoms with Crippen LogP contribution in [0.15, 0.2) is 41.3 Å². The molecule has 184 valence electrons. The van der Waals surface area contributed by atoms with Crippen LogP contribution in [-0.4, -0.2) is 50.4 Å². The van der Waals surface area contributed by atoms with Gasteiger partial charge in [0.1, 0.15) is 11.4 Å². The van der Waals surface area contributed by atoms with Gasteiger partial charge in [-0.05, 0) is 42.5 Å². The fraction of sp³-hybridized carbons (Fsp3) is 0.458. The van der Waals surface area contributed by atoms with E-state index in [1.807, 2.05) is 0 Å². The summed E-state index contributed by atoms with van der Waals surface area (Å²) in [7, 11) is 0. The van der Waals surface area contributed by atoms with Crippen LogP contribution in [0.3, 0.4) is 0 Å². The Morgan fingerprint density at radius 2 is 1.91 bits per heavy atom.